The maximum Gasteiger partial charge on any atom is 0.324 e. The average molecular weight is 334 g/mol. The number of methoxy groups -OCH3 is 1. The minimum Gasteiger partial charge on any atom is -0.497 e. The van der Waals surface area contributed by atoms with Gasteiger partial charge in [0.1, 0.15) is 11.6 Å². The number of nitrogens with one attached hydrogen (secondary N) is 3. The van der Waals surface area contributed by atoms with Gasteiger partial charge in [-0.3, -0.25) is 5.32 Å². The van der Waals surface area contributed by atoms with E-state index in [0.717, 1.165) is 22.8 Å². The third-order valence-electron chi connectivity index (χ3n) is 3.40. The molecule has 0 saturated heterocycles. The number of carbonyl (C=O) groups excluding carboxylic acids is 1. The number of aromatic nitrogens is 1. The first kappa shape index (κ1) is 16.3. The van der Waals surface area contributed by atoms with Crippen LogP contribution < -0.4 is 20.7 Å². The lowest BCUT2D eigenvalue weighted by atomic mass is 10.3. The molecule has 0 aliphatic carbocycles. The maximum absolute atomic E-state index is 11.9. The summed E-state index contributed by atoms with van der Waals surface area (Å²) >= 11 is 0. The van der Waals surface area contributed by atoms with Crippen molar-refractivity contribution in [2.24, 2.45) is 0 Å². The molecule has 0 aliphatic heterocycles. The highest BCUT2D eigenvalue weighted by Crippen LogP contribution is 2.21. The second kappa shape index (κ2) is 7.83. The zero-order valence-electron chi connectivity index (χ0n) is 13.7. The zero-order chi connectivity index (χ0) is 17.5. The number of para-hydroxylation sites is 1. The van der Waals surface area contributed by atoms with E-state index in [1.165, 1.54) is 0 Å². The number of urea groups is 1. The van der Waals surface area contributed by atoms with Gasteiger partial charge in [-0.05, 0) is 36.4 Å². The second-order valence-electron chi connectivity index (χ2n) is 5.23. The lowest BCUT2D eigenvalue weighted by Gasteiger charge is -2.09. The molecule has 1 aromatic heterocycles. The van der Waals surface area contributed by atoms with Gasteiger partial charge in [0.15, 0.2) is 0 Å². The number of benzene rings is 2. The summed E-state index contributed by atoms with van der Waals surface area (Å²) < 4.78 is 5.19. The van der Waals surface area contributed by atoms with E-state index in [4.69, 9.17) is 4.74 Å². The topological polar surface area (TPSA) is 75.3 Å². The molecule has 3 rings (SSSR count). The Morgan fingerprint density at radius 2 is 1.68 bits per heavy atom. The minimum absolute atomic E-state index is 0.341. The Hall–Kier alpha value is -3.54. The number of hydrogen-bond donors (Lipinski definition) is 3. The average Bonchev–Trinajstić information content (AvgIpc) is 2.64. The quantitative estimate of drug-likeness (QED) is 0.643. The van der Waals surface area contributed by atoms with Gasteiger partial charge in [0.2, 0.25) is 0 Å². The van der Waals surface area contributed by atoms with E-state index in [0.29, 0.717) is 5.82 Å². The Labute approximate surface area is 145 Å². The molecule has 0 bridgehead atoms. The Kier molecular flexibility index (Phi) is 5.11. The van der Waals surface area contributed by atoms with Crippen LogP contribution in [0.3, 0.4) is 0 Å². The molecule has 0 spiro atoms. The number of anilines is 4. The normalized spacial score (nSPS) is 9.96. The molecule has 0 atom stereocenters. The number of amides is 2. The first-order valence-electron chi connectivity index (χ1n) is 7.73. The Morgan fingerprint density at radius 3 is 2.40 bits per heavy atom. The van der Waals surface area contributed by atoms with Crippen molar-refractivity contribution >= 4 is 28.9 Å². The largest absolute Gasteiger partial charge is 0.497 e. The molecule has 2 aromatic carbocycles. The molecule has 1 heterocycles. The van der Waals surface area contributed by atoms with Gasteiger partial charge in [-0.2, -0.15) is 0 Å². The van der Waals surface area contributed by atoms with E-state index in [1.54, 1.807) is 19.4 Å². The molecule has 0 fully saturated rings. The number of hydrogen-bond acceptors (Lipinski definition) is 4. The summed E-state index contributed by atoms with van der Waals surface area (Å²) in [5.74, 6) is 1.23. The van der Waals surface area contributed by atoms with Crippen molar-refractivity contribution in [3.8, 4) is 5.75 Å². The maximum atomic E-state index is 11.9. The first-order chi connectivity index (χ1) is 12.2. The third kappa shape index (κ3) is 4.71. The molecule has 25 heavy (non-hydrogen) atoms. The number of pyridine rings is 1. The van der Waals surface area contributed by atoms with Crippen LogP contribution >= 0.6 is 0 Å². The van der Waals surface area contributed by atoms with Gasteiger partial charge < -0.3 is 15.4 Å². The van der Waals surface area contributed by atoms with Gasteiger partial charge in [-0.25, -0.2) is 9.78 Å². The van der Waals surface area contributed by atoms with Gasteiger partial charge >= 0.3 is 6.03 Å². The van der Waals surface area contributed by atoms with Crippen LogP contribution in [0, 0.1) is 0 Å². The molecule has 0 saturated carbocycles. The SMILES string of the molecule is COc1cccc(Nc2ccc(NC(=O)Nc3ccccc3)nc2)c1. The van der Waals surface area contributed by atoms with E-state index >= 15 is 0 Å². The number of nitrogens with zero attached hydrogens (tertiary/aromatic N) is 1. The predicted octanol–water partition coefficient (Wildman–Crippen LogP) is 4.48. The van der Waals surface area contributed by atoms with Crippen LogP contribution in [0.1, 0.15) is 0 Å². The highest BCUT2D eigenvalue weighted by Gasteiger charge is 2.04. The summed E-state index contributed by atoms with van der Waals surface area (Å²) in [4.78, 5) is 16.2. The molecule has 6 nitrogen and oxygen atoms in total. The van der Waals surface area contributed by atoms with Gasteiger partial charge in [0, 0.05) is 17.4 Å². The van der Waals surface area contributed by atoms with Crippen molar-refractivity contribution in [1.29, 1.82) is 0 Å². The fourth-order valence-electron chi connectivity index (χ4n) is 2.21. The first-order valence-corrected chi connectivity index (χ1v) is 7.73. The number of ether oxygens (including phenoxy) is 1. The van der Waals surface area contributed by atoms with Crippen molar-refractivity contribution in [1.82, 2.24) is 4.98 Å². The van der Waals surface area contributed by atoms with Gasteiger partial charge in [-0.1, -0.05) is 24.3 Å². The smallest absolute Gasteiger partial charge is 0.324 e. The van der Waals surface area contributed by atoms with E-state index in [9.17, 15) is 4.79 Å². The highest BCUT2D eigenvalue weighted by molar-refractivity contribution is 5.99. The molecule has 126 valence electrons. The fourth-order valence-corrected chi connectivity index (χ4v) is 2.21. The van der Waals surface area contributed by atoms with E-state index < -0.39 is 0 Å². The lowest BCUT2D eigenvalue weighted by Crippen LogP contribution is -2.19. The van der Waals surface area contributed by atoms with Crippen molar-refractivity contribution in [3.63, 3.8) is 0 Å². The van der Waals surface area contributed by atoms with Crippen LogP contribution in [0.4, 0.5) is 27.7 Å². The Morgan fingerprint density at radius 1 is 0.880 bits per heavy atom. The molecule has 3 aromatic rings. The van der Waals surface area contributed by atoms with Gasteiger partial charge in [0.05, 0.1) is 19.0 Å². The Balaban J connectivity index is 1.59. The molecule has 3 N–H and O–H groups in total. The van der Waals surface area contributed by atoms with Crippen molar-refractivity contribution in [2.75, 3.05) is 23.1 Å². The van der Waals surface area contributed by atoms with Crippen molar-refractivity contribution in [2.45, 2.75) is 0 Å². The zero-order valence-corrected chi connectivity index (χ0v) is 13.7. The van der Waals surface area contributed by atoms with Crippen LogP contribution in [0.25, 0.3) is 0 Å². The predicted molar refractivity (Wildman–Crippen MR) is 99.6 cm³/mol. The summed E-state index contributed by atoms with van der Waals surface area (Å²) in [5, 5.41) is 8.66. The lowest BCUT2D eigenvalue weighted by molar-refractivity contribution is 0.262. The summed E-state index contributed by atoms with van der Waals surface area (Å²) in [6, 6.07) is 20.0. The van der Waals surface area contributed by atoms with Crippen LogP contribution in [-0.2, 0) is 0 Å². The number of rotatable bonds is 5. The highest BCUT2D eigenvalue weighted by atomic mass is 16.5. The molecule has 2 amide bonds. The van der Waals surface area contributed by atoms with Gasteiger partial charge in [0.25, 0.3) is 0 Å². The van der Waals surface area contributed by atoms with Crippen LogP contribution in [-0.4, -0.2) is 18.1 Å². The number of carbonyl (C=O) groups is 1. The van der Waals surface area contributed by atoms with Gasteiger partial charge in [-0.15, -0.1) is 0 Å². The van der Waals surface area contributed by atoms with Crippen LogP contribution in [0.15, 0.2) is 72.9 Å². The van der Waals surface area contributed by atoms with Crippen LogP contribution in [0.2, 0.25) is 0 Å². The molecule has 0 unspecified atom stereocenters. The third-order valence-corrected chi connectivity index (χ3v) is 3.40. The standard InChI is InChI=1S/C19H18N4O2/c1-25-17-9-5-8-15(12-17)21-16-10-11-18(20-13-16)23-19(24)22-14-6-3-2-4-7-14/h2-13,21H,1H3,(H2,20,22,23,24). The molecule has 0 aliphatic rings. The molecular formula is C19H18N4O2. The minimum atomic E-state index is -0.341. The molecule has 6 heteroatoms. The van der Waals surface area contributed by atoms with Crippen LogP contribution in [0.5, 0.6) is 5.75 Å². The monoisotopic (exact) mass is 334 g/mol. The fraction of sp³-hybridized carbons (Fsp3) is 0.0526. The summed E-state index contributed by atoms with van der Waals surface area (Å²) in [7, 11) is 1.63. The molecule has 0 radical (unpaired) electrons. The van der Waals surface area contributed by atoms with E-state index in [2.05, 4.69) is 20.9 Å². The summed E-state index contributed by atoms with van der Waals surface area (Å²) in [6.45, 7) is 0. The van der Waals surface area contributed by atoms with Crippen molar-refractivity contribution < 1.29 is 9.53 Å². The Bertz CT molecular complexity index is 836. The molecular weight excluding hydrogens is 316 g/mol. The second-order valence-corrected chi connectivity index (χ2v) is 5.23. The summed E-state index contributed by atoms with van der Waals surface area (Å²) in [6.07, 6.45) is 1.65. The summed E-state index contributed by atoms with van der Waals surface area (Å²) in [5.41, 5.74) is 2.42. The van der Waals surface area contributed by atoms with Crippen molar-refractivity contribution in [3.05, 3.63) is 72.9 Å². The van der Waals surface area contributed by atoms with E-state index in [1.807, 2.05) is 60.7 Å². The van der Waals surface area contributed by atoms with E-state index in [-0.39, 0.29) is 6.03 Å².